The minimum Gasteiger partial charge on any atom is -0.332 e. The van der Waals surface area contributed by atoms with Crippen LogP contribution in [0.4, 0.5) is 0 Å². The number of hydrogen-bond acceptors (Lipinski definition) is 4. The molecule has 5 nitrogen and oxygen atoms in total. The molecule has 0 radical (unpaired) electrons. The summed E-state index contributed by atoms with van der Waals surface area (Å²) < 4.78 is 1.95. The minimum atomic E-state index is 0.710. The van der Waals surface area contributed by atoms with Crippen molar-refractivity contribution in [2.45, 2.75) is 12.8 Å². The van der Waals surface area contributed by atoms with Crippen molar-refractivity contribution in [2.75, 3.05) is 13.1 Å². The molecule has 2 aromatic heterocycles. The van der Waals surface area contributed by atoms with Gasteiger partial charge < -0.3 is 9.88 Å². The molecule has 1 fully saturated rings. The van der Waals surface area contributed by atoms with Crippen LogP contribution >= 0.6 is 0 Å². The number of nitrogens with one attached hydrogen (secondary N) is 1. The molecular formula is C13H17N5. The molecule has 2 aromatic rings. The third-order valence-electron chi connectivity index (χ3n) is 3.44. The van der Waals surface area contributed by atoms with Gasteiger partial charge >= 0.3 is 0 Å². The Morgan fingerprint density at radius 2 is 2.28 bits per heavy atom. The van der Waals surface area contributed by atoms with Crippen LogP contribution in [-0.2, 0) is 13.5 Å². The topological polar surface area (TPSA) is 55.6 Å². The van der Waals surface area contributed by atoms with E-state index in [0.29, 0.717) is 5.92 Å². The molecule has 3 heterocycles. The van der Waals surface area contributed by atoms with Crippen molar-refractivity contribution in [3.8, 4) is 11.4 Å². The van der Waals surface area contributed by atoms with Crippen LogP contribution in [0.3, 0.4) is 0 Å². The molecule has 1 atom stereocenters. The fraction of sp³-hybridized carbons (Fsp3) is 0.462. The second kappa shape index (κ2) is 4.86. The molecule has 0 spiro atoms. The summed E-state index contributed by atoms with van der Waals surface area (Å²) in [4.78, 5) is 13.1. The van der Waals surface area contributed by atoms with Gasteiger partial charge in [0.2, 0.25) is 0 Å². The highest BCUT2D eigenvalue weighted by molar-refractivity contribution is 5.51. The van der Waals surface area contributed by atoms with Gasteiger partial charge in [-0.15, -0.1) is 0 Å². The molecule has 5 heteroatoms. The number of imidazole rings is 1. The highest BCUT2D eigenvalue weighted by atomic mass is 15.0. The SMILES string of the molecule is Cn1cncc1-c1cnc(CC2CCNC2)cn1. The molecule has 0 aliphatic carbocycles. The maximum atomic E-state index is 4.51. The van der Waals surface area contributed by atoms with E-state index < -0.39 is 0 Å². The van der Waals surface area contributed by atoms with Crippen LogP contribution in [-0.4, -0.2) is 32.6 Å². The van der Waals surface area contributed by atoms with Gasteiger partial charge in [0.05, 0.1) is 30.1 Å². The standard InChI is InChI=1S/C13H17N5/c1-18-9-15-8-13(18)12-7-16-11(6-17-12)4-10-2-3-14-5-10/h6-10,14H,2-5H2,1H3. The number of hydrogen-bond donors (Lipinski definition) is 1. The summed E-state index contributed by atoms with van der Waals surface area (Å²) in [5, 5.41) is 3.37. The van der Waals surface area contributed by atoms with Crippen LogP contribution < -0.4 is 5.32 Å². The maximum Gasteiger partial charge on any atom is 0.107 e. The molecular weight excluding hydrogens is 226 g/mol. The lowest BCUT2D eigenvalue weighted by Gasteiger charge is -2.07. The molecule has 1 saturated heterocycles. The van der Waals surface area contributed by atoms with E-state index in [9.17, 15) is 0 Å². The molecule has 0 bridgehead atoms. The normalized spacial score (nSPS) is 19.3. The lowest BCUT2D eigenvalue weighted by Crippen LogP contribution is -2.11. The Morgan fingerprint density at radius 1 is 1.33 bits per heavy atom. The van der Waals surface area contributed by atoms with E-state index in [1.54, 1.807) is 6.33 Å². The van der Waals surface area contributed by atoms with Gasteiger partial charge in [-0.3, -0.25) is 9.97 Å². The van der Waals surface area contributed by atoms with Gasteiger partial charge in [-0.05, 0) is 31.8 Å². The molecule has 18 heavy (non-hydrogen) atoms. The number of aryl methyl sites for hydroxylation is 1. The average Bonchev–Trinajstić information content (AvgIpc) is 3.02. The Hall–Kier alpha value is -1.75. The first-order chi connectivity index (χ1) is 8.83. The van der Waals surface area contributed by atoms with E-state index in [-0.39, 0.29) is 0 Å². The van der Waals surface area contributed by atoms with Gasteiger partial charge in [0.15, 0.2) is 0 Å². The van der Waals surface area contributed by atoms with Gasteiger partial charge in [0.1, 0.15) is 5.69 Å². The first-order valence-electron chi connectivity index (χ1n) is 6.31. The van der Waals surface area contributed by atoms with Crippen LogP contribution in [0.2, 0.25) is 0 Å². The summed E-state index contributed by atoms with van der Waals surface area (Å²) in [6, 6.07) is 0. The molecule has 1 aliphatic heterocycles. The molecule has 94 valence electrons. The van der Waals surface area contributed by atoms with Crippen molar-refractivity contribution >= 4 is 0 Å². The van der Waals surface area contributed by atoms with Gasteiger partial charge in [-0.1, -0.05) is 0 Å². The predicted octanol–water partition coefficient (Wildman–Crippen LogP) is 1.03. The van der Waals surface area contributed by atoms with Crippen LogP contribution in [0.5, 0.6) is 0 Å². The third kappa shape index (κ3) is 2.26. The summed E-state index contributed by atoms with van der Waals surface area (Å²) in [5.74, 6) is 0.710. The second-order valence-corrected chi connectivity index (χ2v) is 4.85. The Morgan fingerprint density at radius 3 is 2.89 bits per heavy atom. The smallest absolute Gasteiger partial charge is 0.107 e. The van der Waals surface area contributed by atoms with E-state index in [2.05, 4.69) is 20.3 Å². The van der Waals surface area contributed by atoms with Crippen LogP contribution in [0.25, 0.3) is 11.4 Å². The van der Waals surface area contributed by atoms with E-state index >= 15 is 0 Å². The zero-order chi connectivity index (χ0) is 12.4. The molecule has 0 amide bonds. The third-order valence-corrected chi connectivity index (χ3v) is 3.44. The fourth-order valence-corrected chi connectivity index (χ4v) is 2.38. The van der Waals surface area contributed by atoms with Crippen molar-refractivity contribution in [1.82, 2.24) is 24.8 Å². The zero-order valence-electron chi connectivity index (χ0n) is 10.5. The van der Waals surface area contributed by atoms with Gasteiger partial charge in [0, 0.05) is 13.2 Å². The highest BCUT2D eigenvalue weighted by Gasteiger charge is 2.15. The molecule has 1 N–H and O–H groups in total. The molecule has 0 aromatic carbocycles. The fourth-order valence-electron chi connectivity index (χ4n) is 2.38. The number of aromatic nitrogens is 4. The number of nitrogens with zero attached hydrogens (tertiary/aromatic N) is 4. The Kier molecular flexibility index (Phi) is 3.06. The predicted molar refractivity (Wildman–Crippen MR) is 68.9 cm³/mol. The largest absolute Gasteiger partial charge is 0.332 e. The lowest BCUT2D eigenvalue weighted by atomic mass is 10.0. The summed E-state index contributed by atoms with van der Waals surface area (Å²) in [6.45, 7) is 2.23. The second-order valence-electron chi connectivity index (χ2n) is 4.85. The van der Waals surface area contributed by atoms with E-state index in [4.69, 9.17) is 0 Å². The lowest BCUT2D eigenvalue weighted by molar-refractivity contribution is 0.570. The van der Waals surface area contributed by atoms with Crippen molar-refractivity contribution in [2.24, 2.45) is 13.0 Å². The zero-order valence-corrected chi connectivity index (χ0v) is 10.5. The van der Waals surface area contributed by atoms with E-state index in [1.165, 1.54) is 6.42 Å². The summed E-state index contributed by atoms with van der Waals surface area (Å²) in [7, 11) is 1.96. The van der Waals surface area contributed by atoms with Crippen molar-refractivity contribution < 1.29 is 0 Å². The van der Waals surface area contributed by atoms with Crippen molar-refractivity contribution in [3.05, 3.63) is 30.6 Å². The van der Waals surface area contributed by atoms with Crippen LogP contribution in [0.15, 0.2) is 24.9 Å². The van der Waals surface area contributed by atoms with Crippen molar-refractivity contribution in [3.63, 3.8) is 0 Å². The Balaban J connectivity index is 1.74. The summed E-state index contributed by atoms with van der Waals surface area (Å²) in [6.07, 6.45) is 9.58. The summed E-state index contributed by atoms with van der Waals surface area (Å²) in [5.41, 5.74) is 2.95. The first kappa shape index (κ1) is 11.3. The van der Waals surface area contributed by atoms with Gasteiger partial charge in [-0.25, -0.2) is 4.98 Å². The quantitative estimate of drug-likeness (QED) is 0.874. The Bertz CT molecular complexity index is 510. The van der Waals surface area contributed by atoms with Gasteiger partial charge in [0.25, 0.3) is 0 Å². The monoisotopic (exact) mass is 243 g/mol. The molecule has 3 rings (SSSR count). The average molecular weight is 243 g/mol. The molecule has 0 saturated carbocycles. The van der Waals surface area contributed by atoms with Gasteiger partial charge in [-0.2, -0.15) is 0 Å². The van der Waals surface area contributed by atoms with E-state index in [0.717, 1.165) is 36.6 Å². The molecule has 1 aliphatic rings. The minimum absolute atomic E-state index is 0.710. The maximum absolute atomic E-state index is 4.51. The van der Waals surface area contributed by atoms with Crippen LogP contribution in [0.1, 0.15) is 12.1 Å². The number of rotatable bonds is 3. The first-order valence-corrected chi connectivity index (χ1v) is 6.31. The highest BCUT2D eigenvalue weighted by Crippen LogP contribution is 2.16. The van der Waals surface area contributed by atoms with Crippen molar-refractivity contribution in [1.29, 1.82) is 0 Å². The van der Waals surface area contributed by atoms with Crippen LogP contribution in [0, 0.1) is 5.92 Å². The van der Waals surface area contributed by atoms with E-state index in [1.807, 2.05) is 30.2 Å². The summed E-state index contributed by atoms with van der Waals surface area (Å²) >= 11 is 0. The Labute approximate surface area is 106 Å². The molecule has 1 unspecified atom stereocenters.